The Morgan fingerprint density at radius 2 is 1.55 bits per heavy atom. The van der Waals surface area contributed by atoms with Gasteiger partial charge in [-0.1, -0.05) is 36.8 Å². The molecule has 0 radical (unpaired) electrons. The molecule has 1 N–H and O–H groups in total. The summed E-state index contributed by atoms with van der Waals surface area (Å²) in [6.45, 7) is 6.76. The monoisotopic (exact) mass is 585 g/mol. The Labute approximate surface area is 240 Å². The van der Waals surface area contributed by atoms with Crippen molar-refractivity contribution in [2.75, 3.05) is 17.1 Å². The van der Waals surface area contributed by atoms with E-state index in [4.69, 9.17) is 0 Å². The highest BCUT2D eigenvalue weighted by atomic mass is 32.2. The largest absolute Gasteiger partial charge is 0.352 e. The number of aryl methyl sites for hydroxylation is 1. The van der Waals surface area contributed by atoms with Crippen molar-refractivity contribution >= 4 is 39.3 Å². The van der Waals surface area contributed by atoms with E-state index < -0.39 is 34.3 Å². The van der Waals surface area contributed by atoms with Gasteiger partial charge in [-0.2, -0.15) is 0 Å². The first-order chi connectivity index (χ1) is 19.0. The molecular formula is C30H36FN3O4S2. The third-order valence-electron chi connectivity index (χ3n) is 6.68. The van der Waals surface area contributed by atoms with Gasteiger partial charge >= 0.3 is 0 Å². The Hall–Kier alpha value is -3.37. The SMILES string of the molecule is CC[C@H](C)NC(=O)[C@H](C)N(Cc1ccc(F)cc1)C(=O)CN(c1ccc(C)cc1)S(=O)(=O)c1ccc(SC)cc1. The number of thioether (sulfide) groups is 1. The lowest BCUT2D eigenvalue weighted by Crippen LogP contribution is -2.52. The summed E-state index contributed by atoms with van der Waals surface area (Å²) in [6, 6.07) is 18.0. The molecule has 0 bridgehead atoms. The number of nitrogens with one attached hydrogen (secondary N) is 1. The van der Waals surface area contributed by atoms with Crippen LogP contribution in [-0.4, -0.2) is 50.0 Å². The summed E-state index contributed by atoms with van der Waals surface area (Å²) in [5, 5.41) is 2.89. The Morgan fingerprint density at radius 3 is 2.10 bits per heavy atom. The highest BCUT2D eigenvalue weighted by Gasteiger charge is 2.32. The molecule has 0 fully saturated rings. The van der Waals surface area contributed by atoms with Crippen molar-refractivity contribution in [3.8, 4) is 0 Å². The molecule has 2 atom stereocenters. The number of carbonyl (C=O) groups is 2. The molecule has 40 heavy (non-hydrogen) atoms. The van der Waals surface area contributed by atoms with Crippen molar-refractivity contribution in [3.05, 3.63) is 89.7 Å². The van der Waals surface area contributed by atoms with Crippen LogP contribution in [-0.2, 0) is 26.2 Å². The molecule has 0 spiro atoms. The summed E-state index contributed by atoms with van der Waals surface area (Å²) in [4.78, 5) is 29.3. The van der Waals surface area contributed by atoms with Crippen LogP contribution in [0.5, 0.6) is 0 Å². The Morgan fingerprint density at radius 1 is 0.950 bits per heavy atom. The molecule has 0 unspecified atom stereocenters. The van der Waals surface area contributed by atoms with Crippen molar-refractivity contribution in [1.82, 2.24) is 10.2 Å². The number of hydrogen-bond donors (Lipinski definition) is 1. The minimum atomic E-state index is -4.14. The highest BCUT2D eigenvalue weighted by Crippen LogP contribution is 2.26. The van der Waals surface area contributed by atoms with Crippen molar-refractivity contribution in [1.29, 1.82) is 0 Å². The van der Waals surface area contributed by atoms with Crippen LogP contribution in [0.25, 0.3) is 0 Å². The zero-order chi connectivity index (χ0) is 29.4. The number of amides is 2. The summed E-state index contributed by atoms with van der Waals surface area (Å²) in [7, 11) is -4.14. The van der Waals surface area contributed by atoms with Crippen LogP contribution in [0.3, 0.4) is 0 Å². The van der Waals surface area contributed by atoms with E-state index in [1.54, 1.807) is 43.3 Å². The van der Waals surface area contributed by atoms with Crippen LogP contribution in [0.15, 0.2) is 82.6 Å². The number of carbonyl (C=O) groups excluding carboxylic acids is 2. The van der Waals surface area contributed by atoms with Gasteiger partial charge in [0.15, 0.2) is 0 Å². The second kappa shape index (κ2) is 13.8. The number of benzene rings is 3. The van der Waals surface area contributed by atoms with Crippen LogP contribution in [0.2, 0.25) is 0 Å². The molecule has 0 aromatic heterocycles. The second-order valence-corrected chi connectivity index (χ2v) is 12.4. The predicted octanol–water partition coefficient (Wildman–Crippen LogP) is 5.38. The molecule has 7 nitrogen and oxygen atoms in total. The number of halogens is 1. The fourth-order valence-electron chi connectivity index (χ4n) is 3.95. The molecule has 3 rings (SSSR count). The van der Waals surface area contributed by atoms with Crippen LogP contribution in [0.1, 0.15) is 38.3 Å². The normalized spacial score (nSPS) is 12.8. The van der Waals surface area contributed by atoms with E-state index in [1.807, 2.05) is 27.0 Å². The Kier molecular flexibility index (Phi) is 10.8. The Balaban J connectivity index is 2.01. The van der Waals surface area contributed by atoms with Crippen molar-refractivity contribution < 1.29 is 22.4 Å². The minimum Gasteiger partial charge on any atom is -0.352 e. The minimum absolute atomic E-state index is 0.00158. The molecule has 0 saturated carbocycles. The fraction of sp³-hybridized carbons (Fsp3) is 0.333. The lowest BCUT2D eigenvalue weighted by atomic mass is 10.1. The van der Waals surface area contributed by atoms with Crippen LogP contribution in [0.4, 0.5) is 10.1 Å². The number of hydrogen-bond acceptors (Lipinski definition) is 5. The molecule has 0 aliphatic heterocycles. The maximum Gasteiger partial charge on any atom is 0.264 e. The number of sulfonamides is 1. The smallest absolute Gasteiger partial charge is 0.264 e. The first kappa shape index (κ1) is 31.2. The zero-order valence-electron chi connectivity index (χ0n) is 23.4. The van der Waals surface area contributed by atoms with E-state index in [9.17, 15) is 22.4 Å². The van der Waals surface area contributed by atoms with E-state index in [-0.39, 0.29) is 23.4 Å². The average molecular weight is 586 g/mol. The van der Waals surface area contributed by atoms with Crippen LogP contribution < -0.4 is 9.62 Å². The lowest BCUT2D eigenvalue weighted by molar-refractivity contribution is -0.139. The molecule has 214 valence electrons. The van der Waals surface area contributed by atoms with Gasteiger partial charge in [-0.15, -0.1) is 11.8 Å². The average Bonchev–Trinajstić information content (AvgIpc) is 2.95. The topological polar surface area (TPSA) is 86.8 Å². The summed E-state index contributed by atoms with van der Waals surface area (Å²) >= 11 is 1.49. The van der Waals surface area contributed by atoms with Gasteiger partial charge in [-0.25, -0.2) is 12.8 Å². The second-order valence-electron chi connectivity index (χ2n) is 9.66. The van der Waals surface area contributed by atoms with Gasteiger partial charge < -0.3 is 10.2 Å². The molecule has 10 heteroatoms. The van der Waals surface area contributed by atoms with Gasteiger partial charge in [-0.3, -0.25) is 13.9 Å². The molecule has 0 heterocycles. The highest BCUT2D eigenvalue weighted by molar-refractivity contribution is 7.98. The van der Waals surface area contributed by atoms with Gasteiger partial charge in [-0.05, 0) is 87.5 Å². The van der Waals surface area contributed by atoms with Gasteiger partial charge in [0.2, 0.25) is 11.8 Å². The van der Waals surface area contributed by atoms with E-state index in [0.29, 0.717) is 17.7 Å². The standard InChI is InChI=1S/C30H36FN3O4S2/c1-6-22(3)32-30(36)23(4)33(19-24-9-11-25(31)12-10-24)29(35)20-34(26-13-7-21(2)8-14-26)40(37,38)28-17-15-27(39-5)16-18-28/h7-18,22-23H,6,19-20H2,1-5H3,(H,32,36)/t22-,23-/m0/s1. The molecular weight excluding hydrogens is 549 g/mol. The van der Waals surface area contributed by atoms with Crippen molar-refractivity contribution in [2.45, 2.75) is 62.5 Å². The fourth-order valence-corrected chi connectivity index (χ4v) is 5.77. The summed E-state index contributed by atoms with van der Waals surface area (Å²) < 4.78 is 42.4. The van der Waals surface area contributed by atoms with Gasteiger partial charge in [0.05, 0.1) is 10.6 Å². The maximum atomic E-state index is 13.9. The molecule has 0 aliphatic carbocycles. The van der Waals surface area contributed by atoms with E-state index in [1.165, 1.54) is 53.1 Å². The number of nitrogens with zero attached hydrogens (tertiary/aromatic N) is 2. The molecule has 0 saturated heterocycles. The number of rotatable bonds is 12. The van der Waals surface area contributed by atoms with E-state index in [0.717, 1.165) is 14.8 Å². The summed E-state index contributed by atoms with van der Waals surface area (Å²) in [5.74, 6) is -1.35. The van der Waals surface area contributed by atoms with Crippen LogP contribution in [0, 0.1) is 12.7 Å². The quantitative estimate of drug-likeness (QED) is 0.288. The van der Waals surface area contributed by atoms with E-state index in [2.05, 4.69) is 5.32 Å². The first-order valence-electron chi connectivity index (χ1n) is 13.0. The van der Waals surface area contributed by atoms with Crippen LogP contribution >= 0.6 is 11.8 Å². The van der Waals surface area contributed by atoms with Gasteiger partial charge in [0, 0.05) is 17.5 Å². The first-order valence-corrected chi connectivity index (χ1v) is 15.7. The molecule has 2 amide bonds. The van der Waals surface area contributed by atoms with Crippen molar-refractivity contribution in [3.63, 3.8) is 0 Å². The predicted molar refractivity (Wildman–Crippen MR) is 158 cm³/mol. The number of anilines is 1. The maximum absolute atomic E-state index is 13.9. The molecule has 0 aliphatic rings. The van der Waals surface area contributed by atoms with Crippen molar-refractivity contribution in [2.24, 2.45) is 0 Å². The van der Waals surface area contributed by atoms with Gasteiger partial charge in [0.1, 0.15) is 18.4 Å². The van der Waals surface area contributed by atoms with E-state index >= 15 is 0 Å². The lowest BCUT2D eigenvalue weighted by Gasteiger charge is -2.32. The van der Waals surface area contributed by atoms with Gasteiger partial charge in [0.25, 0.3) is 10.0 Å². The zero-order valence-corrected chi connectivity index (χ0v) is 25.1. The third kappa shape index (κ3) is 7.85. The molecule has 3 aromatic carbocycles. The summed E-state index contributed by atoms with van der Waals surface area (Å²) in [5.41, 5.74) is 1.87. The Bertz CT molecular complexity index is 1400. The third-order valence-corrected chi connectivity index (χ3v) is 9.21. The summed E-state index contributed by atoms with van der Waals surface area (Å²) in [6.07, 6.45) is 2.61. The molecule has 3 aromatic rings.